The van der Waals surface area contributed by atoms with E-state index in [9.17, 15) is 9.90 Å². The number of aromatic nitrogens is 2. The molecule has 22 heavy (non-hydrogen) atoms. The minimum Gasteiger partial charge on any atom is -0.394 e. The topological polar surface area (TPSA) is 67.2 Å². The maximum absolute atomic E-state index is 12.4. The van der Waals surface area contributed by atoms with Gasteiger partial charge in [0.05, 0.1) is 29.9 Å². The van der Waals surface area contributed by atoms with E-state index in [2.05, 4.69) is 14.9 Å². The smallest absolute Gasteiger partial charge is 0.253 e. The zero-order valence-corrected chi connectivity index (χ0v) is 13.6. The van der Waals surface area contributed by atoms with Crippen LogP contribution in [-0.2, 0) is 6.54 Å². The number of nitrogens with one attached hydrogen (secondary N) is 1. The average molecular weight is 301 g/mol. The number of rotatable bonds is 5. The van der Waals surface area contributed by atoms with Crippen LogP contribution in [0.4, 0.5) is 0 Å². The Hall–Kier alpha value is -2.14. The van der Waals surface area contributed by atoms with Crippen molar-refractivity contribution >= 4 is 5.91 Å². The van der Waals surface area contributed by atoms with E-state index in [0.29, 0.717) is 12.1 Å². The number of carbonyl (C=O) groups excluding carboxylic acids is 1. The maximum Gasteiger partial charge on any atom is 0.253 e. The SMILES string of the molecule is Cc1cc(C(=O)NC(C)(C)CO)c(C)n1Cc1ccccn1. The minimum absolute atomic E-state index is 0.106. The van der Waals surface area contributed by atoms with E-state index in [1.54, 1.807) is 20.0 Å². The van der Waals surface area contributed by atoms with Crippen molar-refractivity contribution in [3.05, 3.63) is 53.1 Å². The van der Waals surface area contributed by atoms with E-state index in [1.165, 1.54) is 0 Å². The number of amides is 1. The molecule has 2 rings (SSSR count). The summed E-state index contributed by atoms with van der Waals surface area (Å²) < 4.78 is 2.07. The lowest BCUT2D eigenvalue weighted by Gasteiger charge is -2.23. The molecule has 1 amide bonds. The lowest BCUT2D eigenvalue weighted by atomic mass is 10.1. The van der Waals surface area contributed by atoms with Gasteiger partial charge in [-0.05, 0) is 45.9 Å². The lowest BCUT2D eigenvalue weighted by molar-refractivity contribution is 0.0868. The summed E-state index contributed by atoms with van der Waals surface area (Å²) in [5.74, 6) is -0.167. The highest BCUT2D eigenvalue weighted by Gasteiger charge is 2.23. The van der Waals surface area contributed by atoms with E-state index in [-0.39, 0.29) is 12.5 Å². The summed E-state index contributed by atoms with van der Waals surface area (Å²) >= 11 is 0. The van der Waals surface area contributed by atoms with Gasteiger partial charge in [0.1, 0.15) is 0 Å². The first-order valence-electron chi connectivity index (χ1n) is 7.34. The number of nitrogens with zero attached hydrogens (tertiary/aromatic N) is 2. The molecule has 0 saturated heterocycles. The zero-order valence-electron chi connectivity index (χ0n) is 13.6. The van der Waals surface area contributed by atoms with E-state index < -0.39 is 5.54 Å². The predicted molar refractivity (Wildman–Crippen MR) is 85.9 cm³/mol. The van der Waals surface area contributed by atoms with Gasteiger partial charge in [-0.25, -0.2) is 0 Å². The van der Waals surface area contributed by atoms with Gasteiger partial charge in [-0.1, -0.05) is 6.07 Å². The largest absolute Gasteiger partial charge is 0.394 e. The maximum atomic E-state index is 12.4. The summed E-state index contributed by atoms with van der Waals surface area (Å²) in [7, 11) is 0. The fourth-order valence-electron chi connectivity index (χ4n) is 2.34. The number of pyridine rings is 1. The first-order valence-corrected chi connectivity index (χ1v) is 7.34. The minimum atomic E-state index is -0.638. The third-order valence-electron chi connectivity index (χ3n) is 3.71. The van der Waals surface area contributed by atoms with Crippen molar-refractivity contribution in [2.45, 2.75) is 39.8 Å². The number of hydrogen-bond donors (Lipinski definition) is 2. The molecule has 0 atom stereocenters. The third-order valence-corrected chi connectivity index (χ3v) is 3.71. The Morgan fingerprint density at radius 1 is 1.36 bits per heavy atom. The Bertz CT molecular complexity index is 660. The first kappa shape index (κ1) is 16.2. The molecule has 0 saturated carbocycles. The molecular formula is C17H23N3O2. The van der Waals surface area contributed by atoms with Crippen LogP contribution in [0.3, 0.4) is 0 Å². The van der Waals surface area contributed by atoms with Crippen molar-refractivity contribution in [2.24, 2.45) is 0 Å². The molecule has 0 aliphatic rings. The first-order chi connectivity index (χ1) is 10.3. The van der Waals surface area contributed by atoms with Crippen LogP contribution < -0.4 is 5.32 Å². The average Bonchev–Trinajstić information content (AvgIpc) is 2.76. The van der Waals surface area contributed by atoms with Crippen molar-refractivity contribution in [2.75, 3.05) is 6.61 Å². The lowest BCUT2D eigenvalue weighted by Crippen LogP contribution is -2.46. The molecule has 0 aliphatic heterocycles. The van der Waals surface area contributed by atoms with Gasteiger partial charge >= 0.3 is 0 Å². The van der Waals surface area contributed by atoms with Crippen molar-refractivity contribution in [3.63, 3.8) is 0 Å². The molecule has 0 radical (unpaired) electrons. The summed E-state index contributed by atoms with van der Waals surface area (Å²) in [4.78, 5) is 16.7. The Morgan fingerprint density at radius 2 is 2.09 bits per heavy atom. The van der Waals surface area contributed by atoms with Gasteiger partial charge in [0.2, 0.25) is 0 Å². The number of aliphatic hydroxyl groups excluding tert-OH is 1. The molecule has 0 aliphatic carbocycles. The van der Waals surface area contributed by atoms with Gasteiger partial charge in [0, 0.05) is 17.6 Å². The zero-order chi connectivity index (χ0) is 16.3. The van der Waals surface area contributed by atoms with Gasteiger partial charge in [0.15, 0.2) is 0 Å². The third kappa shape index (κ3) is 3.54. The molecule has 0 unspecified atom stereocenters. The molecule has 2 heterocycles. The van der Waals surface area contributed by atoms with E-state index in [0.717, 1.165) is 17.1 Å². The Kier molecular flexibility index (Phi) is 4.66. The Balaban J connectivity index is 2.25. The normalized spacial score (nSPS) is 11.5. The summed E-state index contributed by atoms with van der Waals surface area (Å²) in [6.45, 7) is 8.01. The quantitative estimate of drug-likeness (QED) is 0.888. The molecule has 0 bridgehead atoms. The fraction of sp³-hybridized carbons (Fsp3) is 0.412. The van der Waals surface area contributed by atoms with Crippen LogP contribution >= 0.6 is 0 Å². The molecular weight excluding hydrogens is 278 g/mol. The van der Waals surface area contributed by atoms with Crippen molar-refractivity contribution in [1.82, 2.24) is 14.9 Å². The van der Waals surface area contributed by atoms with E-state index >= 15 is 0 Å². The van der Waals surface area contributed by atoms with Gasteiger partial charge < -0.3 is 15.0 Å². The Labute approximate surface area is 131 Å². The number of hydrogen-bond acceptors (Lipinski definition) is 3. The summed E-state index contributed by atoms with van der Waals surface area (Å²) in [5, 5.41) is 12.1. The molecule has 2 aromatic heterocycles. The monoisotopic (exact) mass is 301 g/mol. The number of carbonyl (C=O) groups is 1. The van der Waals surface area contributed by atoms with Gasteiger partial charge in [0.25, 0.3) is 5.91 Å². The standard InChI is InChI=1S/C17H23N3O2/c1-12-9-15(16(22)19-17(3,4)11-21)13(2)20(12)10-14-7-5-6-8-18-14/h5-9,21H,10-11H2,1-4H3,(H,19,22). The fourth-order valence-corrected chi connectivity index (χ4v) is 2.34. The van der Waals surface area contributed by atoms with Crippen LogP contribution in [0.25, 0.3) is 0 Å². The van der Waals surface area contributed by atoms with Gasteiger partial charge in [-0.2, -0.15) is 0 Å². The van der Waals surface area contributed by atoms with Crippen LogP contribution in [0.5, 0.6) is 0 Å². The molecule has 5 nitrogen and oxygen atoms in total. The van der Waals surface area contributed by atoms with Crippen LogP contribution in [0.2, 0.25) is 0 Å². The molecule has 118 valence electrons. The van der Waals surface area contributed by atoms with Gasteiger partial charge in [-0.3, -0.25) is 9.78 Å². The second-order valence-electron chi connectivity index (χ2n) is 6.19. The summed E-state index contributed by atoms with van der Waals surface area (Å²) in [6, 6.07) is 7.68. The molecule has 2 aromatic rings. The molecule has 0 aromatic carbocycles. The van der Waals surface area contributed by atoms with Crippen LogP contribution in [0.15, 0.2) is 30.5 Å². The second kappa shape index (κ2) is 6.32. The highest BCUT2D eigenvalue weighted by molar-refractivity contribution is 5.96. The van der Waals surface area contributed by atoms with Gasteiger partial charge in [-0.15, -0.1) is 0 Å². The van der Waals surface area contributed by atoms with E-state index in [4.69, 9.17) is 0 Å². The van der Waals surface area contributed by atoms with Crippen LogP contribution in [-0.4, -0.2) is 32.7 Å². The summed E-state index contributed by atoms with van der Waals surface area (Å²) in [5.41, 5.74) is 2.85. The summed E-state index contributed by atoms with van der Waals surface area (Å²) in [6.07, 6.45) is 1.76. The van der Waals surface area contributed by atoms with Crippen molar-refractivity contribution in [1.29, 1.82) is 0 Å². The predicted octanol–water partition coefficient (Wildman–Crippen LogP) is 2.05. The number of aryl methyl sites for hydroxylation is 1. The van der Waals surface area contributed by atoms with Crippen molar-refractivity contribution in [3.8, 4) is 0 Å². The molecule has 0 spiro atoms. The second-order valence-corrected chi connectivity index (χ2v) is 6.19. The molecule has 5 heteroatoms. The number of aliphatic hydroxyl groups is 1. The van der Waals surface area contributed by atoms with Crippen LogP contribution in [0, 0.1) is 13.8 Å². The Morgan fingerprint density at radius 3 is 2.68 bits per heavy atom. The van der Waals surface area contributed by atoms with Crippen molar-refractivity contribution < 1.29 is 9.90 Å². The highest BCUT2D eigenvalue weighted by atomic mass is 16.3. The highest BCUT2D eigenvalue weighted by Crippen LogP contribution is 2.17. The molecule has 2 N–H and O–H groups in total. The molecule has 0 fully saturated rings. The van der Waals surface area contributed by atoms with E-state index in [1.807, 2.05) is 38.1 Å². The van der Waals surface area contributed by atoms with Crippen LogP contribution in [0.1, 0.15) is 41.3 Å².